The molecule has 1 atom stereocenters. The van der Waals surface area contributed by atoms with Gasteiger partial charge in [0, 0.05) is 22.5 Å². The van der Waals surface area contributed by atoms with Crippen molar-refractivity contribution in [3.8, 4) is 5.75 Å². The monoisotopic (exact) mass is 652 g/mol. The fourth-order valence-corrected chi connectivity index (χ4v) is 7.38. The van der Waals surface area contributed by atoms with Crippen LogP contribution in [0.2, 0.25) is 0 Å². The van der Waals surface area contributed by atoms with Gasteiger partial charge in [-0.2, -0.15) is 0 Å². The number of rotatable bonds is 3. The summed E-state index contributed by atoms with van der Waals surface area (Å²) in [5.74, 6) is -0.468. The van der Waals surface area contributed by atoms with Crippen LogP contribution < -0.4 is 19.6 Å². The summed E-state index contributed by atoms with van der Waals surface area (Å²) in [4.78, 5) is 31.3. The Morgan fingerprint density at radius 2 is 1.89 bits per heavy atom. The van der Waals surface area contributed by atoms with E-state index in [2.05, 4.69) is 44.0 Å². The molecule has 0 saturated heterocycles. The van der Waals surface area contributed by atoms with Crippen molar-refractivity contribution >= 4 is 60.9 Å². The van der Waals surface area contributed by atoms with Gasteiger partial charge in [0.15, 0.2) is 10.6 Å². The second kappa shape index (κ2) is 9.87. The quantitative estimate of drug-likeness (QED) is 0.204. The number of fused-ring (bicyclic) bond motifs is 3. The molecule has 38 heavy (non-hydrogen) atoms. The van der Waals surface area contributed by atoms with Crippen molar-refractivity contribution in [1.29, 1.82) is 0 Å². The molecule has 190 valence electrons. The normalized spacial score (nSPS) is 16.4. The van der Waals surface area contributed by atoms with Gasteiger partial charge in [-0.05, 0) is 75.8 Å². The van der Waals surface area contributed by atoms with E-state index < -0.39 is 12.0 Å². The largest absolute Gasteiger partial charge is 0.425 e. The molecule has 0 radical (unpaired) electrons. The van der Waals surface area contributed by atoms with Crippen LogP contribution in [-0.2, 0) is 11.2 Å². The predicted octanol–water partition coefficient (Wildman–Crippen LogP) is 5.91. The predicted molar refractivity (Wildman–Crippen MR) is 152 cm³/mol. The zero-order valence-electron chi connectivity index (χ0n) is 20.0. The summed E-state index contributed by atoms with van der Waals surface area (Å²) in [5.41, 5.74) is 5.38. The van der Waals surface area contributed by atoms with Crippen molar-refractivity contribution in [3.05, 3.63) is 123 Å². The van der Waals surface area contributed by atoms with Crippen LogP contribution in [0.1, 0.15) is 41.6 Å². The number of carbonyl (C=O) groups is 1. The fraction of sp³-hybridized carbons (Fsp3) is 0.138. The molecule has 9 heteroatoms. The first kappa shape index (κ1) is 25.2. The molecule has 5 nitrogen and oxygen atoms in total. The van der Waals surface area contributed by atoms with Gasteiger partial charge in [0.05, 0.1) is 20.7 Å². The maximum atomic E-state index is 13.9. The average Bonchev–Trinajstić information content (AvgIpc) is 3.19. The lowest BCUT2D eigenvalue weighted by atomic mass is 9.83. The Bertz CT molecular complexity index is 1840. The maximum Gasteiger partial charge on any atom is 0.308 e. The number of hydrogen-bond acceptors (Lipinski definition) is 5. The van der Waals surface area contributed by atoms with E-state index in [-0.39, 0.29) is 11.4 Å². The number of ether oxygens (including phenoxy) is 1. The zero-order valence-corrected chi connectivity index (χ0v) is 24.0. The van der Waals surface area contributed by atoms with Crippen LogP contribution >= 0.6 is 43.2 Å². The van der Waals surface area contributed by atoms with Crippen molar-refractivity contribution in [3.63, 3.8) is 0 Å². The van der Waals surface area contributed by atoms with Crippen LogP contribution in [0.5, 0.6) is 5.75 Å². The lowest BCUT2D eigenvalue weighted by molar-refractivity contribution is -0.131. The van der Waals surface area contributed by atoms with Crippen LogP contribution in [0, 0.1) is 5.82 Å². The molecular formula is C29H19Br2FN2O3S. The third-order valence-corrected chi connectivity index (χ3v) is 8.66. The molecule has 0 bridgehead atoms. The van der Waals surface area contributed by atoms with Crippen LogP contribution in [0.15, 0.2) is 85.0 Å². The molecular weight excluding hydrogens is 635 g/mol. The van der Waals surface area contributed by atoms with Gasteiger partial charge < -0.3 is 4.74 Å². The van der Waals surface area contributed by atoms with Crippen molar-refractivity contribution in [2.24, 2.45) is 4.99 Å². The van der Waals surface area contributed by atoms with E-state index in [0.29, 0.717) is 25.1 Å². The molecule has 6 rings (SSSR count). The van der Waals surface area contributed by atoms with E-state index in [0.717, 1.165) is 39.7 Å². The lowest BCUT2D eigenvalue weighted by Crippen LogP contribution is -2.38. The molecule has 0 amide bonds. The number of benzene rings is 3. The fourth-order valence-electron chi connectivity index (χ4n) is 5.05. The lowest BCUT2D eigenvalue weighted by Gasteiger charge is -2.30. The second-order valence-electron chi connectivity index (χ2n) is 9.06. The van der Waals surface area contributed by atoms with Gasteiger partial charge in [0.2, 0.25) is 0 Å². The van der Waals surface area contributed by atoms with Crippen molar-refractivity contribution in [2.45, 2.75) is 25.8 Å². The van der Waals surface area contributed by atoms with Crippen LogP contribution in [-0.4, -0.2) is 10.5 Å². The third-order valence-electron chi connectivity index (χ3n) is 6.63. The molecule has 1 aliphatic carbocycles. The van der Waals surface area contributed by atoms with Gasteiger partial charge in [-0.25, -0.2) is 9.38 Å². The van der Waals surface area contributed by atoms with E-state index in [1.165, 1.54) is 36.0 Å². The SMILES string of the molecule is CC(=O)Oc1c(Br)cc(Br)cc1/C=c1/sc2n(c1=O)[C@H](c1ccc(F)cc1)C1=C(N=2)c2ccccc2CC1. The molecule has 3 aromatic carbocycles. The van der Waals surface area contributed by atoms with Crippen LogP contribution in [0.25, 0.3) is 11.8 Å². The average molecular weight is 654 g/mol. The number of aryl methyl sites for hydroxylation is 1. The van der Waals surface area contributed by atoms with E-state index >= 15 is 0 Å². The minimum absolute atomic E-state index is 0.210. The standard InChI is InChI=1S/C29H19Br2FN2O3S/c1-15(35)37-27-18(12-19(30)14-23(27)31)13-24-28(36)34-26(17-6-9-20(32)10-7-17)22-11-8-16-4-2-3-5-21(16)25(22)33-29(34)38-24/h2-7,9-10,12-14,26H,8,11H2,1H3/b24-13+/t26-/m1/s1. The van der Waals surface area contributed by atoms with Crippen LogP contribution in [0.4, 0.5) is 4.39 Å². The second-order valence-corrected chi connectivity index (χ2v) is 11.8. The summed E-state index contributed by atoms with van der Waals surface area (Å²) in [7, 11) is 0. The molecule has 4 aromatic rings. The third kappa shape index (κ3) is 4.42. The topological polar surface area (TPSA) is 60.7 Å². The molecule has 1 aliphatic heterocycles. The Labute approximate surface area is 237 Å². The Hall–Kier alpha value is -3.14. The Morgan fingerprint density at radius 3 is 2.66 bits per heavy atom. The first-order chi connectivity index (χ1) is 18.3. The summed E-state index contributed by atoms with van der Waals surface area (Å²) >= 11 is 8.21. The highest BCUT2D eigenvalue weighted by atomic mass is 79.9. The molecule has 0 N–H and O–H groups in total. The van der Waals surface area contributed by atoms with Gasteiger partial charge in [0.25, 0.3) is 5.56 Å². The smallest absolute Gasteiger partial charge is 0.308 e. The summed E-state index contributed by atoms with van der Waals surface area (Å²) in [5, 5.41) is 0. The molecule has 2 heterocycles. The first-order valence-corrected chi connectivity index (χ1v) is 14.3. The molecule has 1 aromatic heterocycles. The van der Waals surface area contributed by atoms with Gasteiger partial charge in [0.1, 0.15) is 5.82 Å². The Morgan fingerprint density at radius 1 is 1.13 bits per heavy atom. The maximum absolute atomic E-state index is 13.9. The van der Waals surface area contributed by atoms with E-state index in [1.807, 2.05) is 12.1 Å². The van der Waals surface area contributed by atoms with Crippen molar-refractivity contribution in [2.75, 3.05) is 0 Å². The molecule has 0 unspecified atom stereocenters. The zero-order chi connectivity index (χ0) is 26.6. The number of allylic oxidation sites excluding steroid dienone is 1. The molecule has 0 spiro atoms. The molecule has 0 fully saturated rings. The summed E-state index contributed by atoms with van der Waals surface area (Å²) in [6, 6.07) is 17.7. The Kier molecular flexibility index (Phi) is 6.53. The minimum atomic E-state index is -0.466. The summed E-state index contributed by atoms with van der Waals surface area (Å²) in [6.07, 6.45) is 3.30. The highest BCUT2D eigenvalue weighted by Gasteiger charge is 2.32. The summed E-state index contributed by atoms with van der Waals surface area (Å²) in [6.45, 7) is 1.33. The highest BCUT2D eigenvalue weighted by Crippen LogP contribution is 2.41. The number of hydrogen-bond donors (Lipinski definition) is 0. The molecule has 2 aliphatic rings. The number of thiazole rings is 1. The number of halogens is 3. The summed E-state index contributed by atoms with van der Waals surface area (Å²) < 4.78 is 22.8. The highest BCUT2D eigenvalue weighted by molar-refractivity contribution is 9.11. The number of esters is 1. The van der Waals surface area contributed by atoms with Crippen molar-refractivity contribution < 1.29 is 13.9 Å². The van der Waals surface area contributed by atoms with Crippen molar-refractivity contribution in [1.82, 2.24) is 4.57 Å². The van der Waals surface area contributed by atoms with Gasteiger partial charge >= 0.3 is 5.97 Å². The minimum Gasteiger partial charge on any atom is -0.425 e. The van der Waals surface area contributed by atoms with E-state index in [4.69, 9.17) is 9.73 Å². The van der Waals surface area contributed by atoms with E-state index in [1.54, 1.807) is 34.9 Å². The molecule has 0 saturated carbocycles. The van der Waals surface area contributed by atoms with Gasteiger partial charge in [-0.15, -0.1) is 0 Å². The number of carbonyl (C=O) groups excluding carboxylic acids is 1. The first-order valence-electron chi connectivity index (χ1n) is 11.9. The van der Waals surface area contributed by atoms with E-state index in [9.17, 15) is 14.0 Å². The van der Waals surface area contributed by atoms with Gasteiger partial charge in [-0.1, -0.05) is 63.7 Å². The Balaban J connectivity index is 1.62. The van der Waals surface area contributed by atoms with Gasteiger partial charge in [-0.3, -0.25) is 14.2 Å². The number of aromatic nitrogens is 1. The van der Waals surface area contributed by atoms with Crippen LogP contribution in [0.3, 0.4) is 0 Å². The number of nitrogens with zero attached hydrogens (tertiary/aromatic N) is 2.